The van der Waals surface area contributed by atoms with Gasteiger partial charge >= 0.3 is 0 Å². The minimum atomic E-state index is 0.580. The highest BCUT2D eigenvalue weighted by atomic mass is 35.5. The Kier molecular flexibility index (Phi) is 4.32. The number of nitrogens with zero attached hydrogens (tertiary/aromatic N) is 1. The number of methoxy groups -OCH3 is 2. The first-order chi connectivity index (χ1) is 10.7. The molecule has 0 aliphatic carbocycles. The lowest BCUT2D eigenvalue weighted by Gasteiger charge is -2.04. The Bertz CT molecular complexity index is 801. The molecule has 0 amide bonds. The van der Waals surface area contributed by atoms with Gasteiger partial charge in [0.1, 0.15) is 16.5 Å². The monoisotopic (exact) mass is 331 g/mol. The fourth-order valence-corrected chi connectivity index (χ4v) is 3.20. The molecule has 0 fully saturated rings. The maximum atomic E-state index is 6.18. The summed E-state index contributed by atoms with van der Waals surface area (Å²) < 4.78 is 10.4. The van der Waals surface area contributed by atoms with E-state index in [1.165, 1.54) is 0 Å². The van der Waals surface area contributed by atoms with Gasteiger partial charge in [0.15, 0.2) is 0 Å². The van der Waals surface area contributed by atoms with Crippen molar-refractivity contribution in [2.75, 3.05) is 14.2 Å². The van der Waals surface area contributed by atoms with E-state index < -0.39 is 0 Å². The van der Waals surface area contributed by atoms with Crippen LogP contribution in [0.25, 0.3) is 21.8 Å². The number of aromatic nitrogens is 1. The number of ether oxygens (including phenoxy) is 2. The normalized spacial score (nSPS) is 10.5. The average molecular weight is 332 g/mol. The Morgan fingerprint density at radius 1 is 1.00 bits per heavy atom. The summed E-state index contributed by atoms with van der Waals surface area (Å²) in [6, 6.07) is 13.5. The summed E-state index contributed by atoms with van der Waals surface area (Å²) >= 11 is 7.77. The van der Waals surface area contributed by atoms with Crippen LogP contribution in [0.5, 0.6) is 11.5 Å². The van der Waals surface area contributed by atoms with Gasteiger partial charge in [-0.1, -0.05) is 23.7 Å². The van der Waals surface area contributed by atoms with Crippen molar-refractivity contribution >= 4 is 22.9 Å². The van der Waals surface area contributed by atoms with Crippen LogP contribution in [-0.4, -0.2) is 19.2 Å². The third kappa shape index (κ3) is 2.93. The molecule has 1 heterocycles. The topological polar surface area (TPSA) is 31.4 Å². The summed E-state index contributed by atoms with van der Waals surface area (Å²) in [6.45, 7) is 0. The molecule has 112 valence electrons. The molecule has 5 heteroatoms. The highest BCUT2D eigenvalue weighted by molar-refractivity contribution is 7.13. The SMILES string of the molecule is COc1cccc(-c2nc(-c3ccc(OC)c(Cl)c3)cs2)c1. The van der Waals surface area contributed by atoms with Gasteiger partial charge in [0, 0.05) is 16.5 Å². The molecule has 3 aromatic rings. The van der Waals surface area contributed by atoms with E-state index in [2.05, 4.69) is 4.98 Å². The number of halogens is 1. The Balaban J connectivity index is 1.94. The van der Waals surface area contributed by atoms with Crippen molar-refractivity contribution in [3.05, 3.63) is 52.9 Å². The second kappa shape index (κ2) is 6.38. The molecule has 0 saturated heterocycles. The molecule has 22 heavy (non-hydrogen) atoms. The van der Waals surface area contributed by atoms with E-state index in [-0.39, 0.29) is 0 Å². The van der Waals surface area contributed by atoms with Crippen molar-refractivity contribution in [3.8, 4) is 33.3 Å². The van der Waals surface area contributed by atoms with Crippen molar-refractivity contribution < 1.29 is 9.47 Å². The molecule has 0 aliphatic rings. The summed E-state index contributed by atoms with van der Waals surface area (Å²) in [5.74, 6) is 1.48. The molecule has 0 bridgehead atoms. The first-order valence-corrected chi connectivity index (χ1v) is 7.91. The van der Waals surface area contributed by atoms with Gasteiger partial charge in [0.05, 0.1) is 24.9 Å². The molecular formula is C17H14ClNO2S. The van der Waals surface area contributed by atoms with Crippen LogP contribution >= 0.6 is 22.9 Å². The van der Waals surface area contributed by atoms with Crippen molar-refractivity contribution in [2.45, 2.75) is 0 Å². The average Bonchev–Trinajstić information content (AvgIpc) is 3.05. The van der Waals surface area contributed by atoms with E-state index >= 15 is 0 Å². The minimum Gasteiger partial charge on any atom is -0.497 e. The molecule has 0 N–H and O–H groups in total. The Labute approximate surface area is 138 Å². The van der Waals surface area contributed by atoms with Crippen molar-refractivity contribution in [1.82, 2.24) is 4.98 Å². The third-order valence-corrected chi connectivity index (χ3v) is 4.46. The van der Waals surface area contributed by atoms with Gasteiger partial charge in [0.25, 0.3) is 0 Å². The number of hydrogen-bond donors (Lipinski definition) is 0. The molecule has 0 atom stereocenters. The van der Waals surface area contributed by atoms with Gasteiger partial charge in [-0.25, -0.2) is 4.98 Å². The number of thiazole rings is 1. The summed E-state index contributed by atoms with van der Waals surface area (Å²) in [4.78, 5) is 4.69. The molecule has 1 aromatic heterocycles. The zero-order chi connectivity index (χ0) is 15.5. The van der Waals surface area contributed by atoms with E-state index in [4.69, 9.17) is 21.1 Å². The van der Waals surface area contributed by atoms with Crippen LogP contribution in [0.4, 0.5) is 0 Å². The van der Waals surface area contributed by atoms with Crippen LogP contribution in [0.2, 0.25) is 5.02 Å². The first kappa shape index (κ1) is 14.9. The highest BCUT2D eigenvalue weighted by Gasteiger charge is 2.09. The first-order valence-electron chi connectivity index (χ1n) is 6.65. The predicted octanol–water partition coefficient (Wildman–Crippen LogP) is 5.15. The quantitative estimate of drug-likeness (QED) is 0.662. The Morgan fingerprint density at radius 3 is 2.59 bits per heavy atom. The zero-order valence-electron chi connectivity index (χ0n) is 12.2. The lowest BCUT2D eigenvalue weighted by Crippen LogP contribution is -1.86. The largest absolute Gasteiger partial charge is 0.497 e. The molecule has 0 saturated carbocycles. The maximum absolute atomic E-state index is 6.18. The third-order valence-electron chi connectivity index (χ3n) is 3.27. The molecule has 3 rings (SSSR count). The highest BCUT2D eigenvalue weighted by Crippen LogP contribution is 2.33. The zero-order valence-corrected chi connectivity index (χ0v) is 13.7. The summed E-state index contributed by atoms with van der Waals surface area (Å²) in [6.07, 6.45) is 0. The molecule has 0 aliphatic heterocycles. The van der Waals surface area contributed by atoms with Crippen LogP contribution in [0.1, 0.15) is 0 Å². The van der Waals surface area contributed by atoms with Crippen LogP contribution in [0, 0.1) is 0 Å². The molecule has 3 nitrogen and oxygen atoms in total. The van der Waals surface area contributed by atoms with Crippen molar-refractivity contribution in [2.24, 2.45) is 0 Å². The van der Waals surface area contributed by atoms with Crippen LogP contribution < -0.4 is 9.47 Å². The van der Waals surface area contributed by atoms with E-state index in [0.29, 0.717) is 10.8 Å². The number of hydrogen-bond acceptors (Lipinski definition) is 4. The molecule has 2 aromatic carbocycles. The summed E-state index contributed by atoms with van der Waals surface area (Å²) in [7, 11) is 3.26. The Hall–Kier alpha value is -2.04. The molecule has 0 radical (unpaired) electrons. The maximum Gasteiger partial charge on any atom is 0.137 e. The summed E-state index contributed by atoms with van der Waals surface area (Å²) in [5, 5.41) is 3.55. The van der Waals surface area contributed by atoms with Gasteiger partial charge in [-0.3, -0.25) is 0 Å². The second-order valence-corrected chi connectivity index (χ2v) is 5.88. The fourth-order valence-electron chi connectivity index (χ4n) is 2.12. The smallest absolute Gasteiger partial charge is 0.137 e. The van der Waals surface area contributed by atoms with Gasteiger partial charge in [-0.15, -0.1) is 11.3 Å². The lowest BCUT2D eigenvalue weighted by atomic mass is 10.1. The van der Waals surface area contributed by atoms with Crippen molar-refractivity contribution in [1.29, 1.82) is 0 Å². The minimum absolute atomic E-state index is 0.580. The summed E-state index contributed by atoms with van der Waals surface area (Å²) in [5.41, 5.74) is 2.90. The Morgan fingerprint density at radius 2 is 1.86 bits per heavy atom. The van der Waals surface area contributed by atoms with Crippen LogP contribution in [0.3, 0.4) is 0 Å². The standard InChI is InChI=1S/C17H14ClNO2S/c1-20-13-5-3-4-12(8-13)17-19-15(10-22-17)11-6-7-16(21-2)14(18)9-11/h3-10H,1-2H3. The van der Waals surface area contributed by atoms with Gasteiger partial charge in [-0.05, 0) is 30.3 Å². The molecule has 0 unspecified atom stereocenters. The van der Waals surface area contributed by atoms with E-state index in [0.717, 1.165) is 27.6 Å². The van der Waals surface area contributed by atoms with E-state index in [9.17, 15) is 0 Å². The lowest BCUT2D eigenvalue weighted by molar-refractivity contribution is 0.415. The number of rotatable bonds is 4. The molecular weight excluding hydrogens is 318 g/mol. The molecule has 0 spiro atoms. The van der Waals surface area contributed by atoms with E-state index in [1.54, 1.807) is 25.6 Å². The van der Waals surface area contributed by atoms with Gasteiger partial charge in [-0.2, -0.15) is 0 Å². The van der Waals surface area contributed by atoms with Crippen molar-refractivity contribution in [3.63, 3.8) is 0 Å². The van der Waals surface area contributed by atoms with Gasteiger partial charge in [0.2, 0.25) is 0 Å². The van der Waals surface area contributed by atoms with Gasteiger partial charge < -0.3 is 9.47 Å². The van der Waals surface area contributed by atoms with Crippen LogP contribution in [0.15, 0.2) is 47.8 Å². The fraction of sp³-hybridized carbons (Fsp3) is 0.118. The number of benzene rings is 2. The second-order valence-electron chi connectivity index (χ2n) is 4.62. The predicted molar refractivity (Wildman–Crippen MR) is 91.1 cm³/mol. The van der Waals surface area contributed by atoms with Crippen LogP contribution in [-0.2, 0) is 0 Å². The van der Waals surface area contributed by atoms with E-state index in [1.807, 2.05) is 47.8 Å².